The van der Waals surface area contributed by atoms with E-state index in [-0.39, 0.29) is 11.5 Å². The van der Waals surface area contributed by atoms with Crippen LogP contribution in [0.2, 0.25) is 0 Å². The number of rotatable bonds is 23. The maximum absolute atomic E-state index is 9.70. The highest BCUT2D eigenvalue weighted by Gasteiger charge is 2.11. The number of aliphatic imine (C=N–C) groups is 2. The molecule has 0 spiro atoms. The Morgan fingerprint density at radius 3 is 1.60 bits per heavy atom. The van der Waals surface area contributed by atoms with Crippen molar-refractivity contribution in [1.29, 1.82) is 0 Å². The summed E-state index contributed by atoms with van der Waals surface area (Å²) in [7, 11) is 0. The standard InChI is InChI=1S/C41H62N2.C13H14O2/c1-7-13-15-16-17-18-19-20-21-22-23-24-25-27-41(43-39-31-29-35(10-4)37(12-6)33-39)40(26-14-8-2)42-38-30-28-34(9-3)36(11-5)32-38;1-2-3-9-4-5-10-6-7-12(14)13(15)11(10)8-9/h28-33H,7-24,26H2,1-6H3;4-8,14-15H,2-3H2,1H3. The smallest absolute Gasteiger partial charge is 0.165 e. The molecule has 2 N–H and O–H groups in total. The molecule has 4 heteroatoms. The van der Waals surface area contributed by atoms with E-state index < -0.39 is 0 Å². The van der Waals surface area contributed by atoms with Crippen LogP contribution in [-0.2, 0) is 32.1 Å². The van der Waals surface area contributed by atoms with Crippen molar-refractivity contribution in [3.63, 3.8) is 0 Å². The number of benzene rings is 4. The predicted octanol–water partition coefficient (Wildman–Crippen LogP) is 15.9. The molecule has 314 valence electrons. The summed E-state index contributed by atoms with van der Waals surface area (Å²) in [4.78, 5) is 10.4. The number of nitrogens with zero attached hydrogens (tertiary/aromatic N) is 2. The van der Waals surface area contributed by atoms with Crippen LogP contribution in [0.25, 0.3) is 10.8 Å². The molecule has 0 atom stereocenters. The average Bonchev–Trinajstić information content (AvgIpc) is 3.25. The first-order chi connectivity index (χ1) is 28.3. The lowest BCUT2D eigenvalue weighted by Crippen LogP contribution is -2.12. The van der Waals surface area contributed by atoms with Gasteiger partial charge in [-0.25, -0.2) is 4.99 Å². The summed E-state index contributed by atoms with van der Waals surface area (Å²) in [5, 5.41) is 20.8. The maximum Gasteiger partial charge on any atom is 0.165 e. The highest BCUT2D eigenvalue weighted by molar-refractivity contribution is 6.49. The Morgan fingerprint density at radius 2 is 1.05 bits per heavy atom. The number of hydrogen-bond donors (Lipinski definition) is 2. The Kier molecular flexibility index (Phi) is 23.3. The van der Waals surface area contributed by atoms with Crippen LogP contribution in [-0.4, -0.2) is 21.6 Å². The Labute approximate surface area is 353 Å². The van der Waals surface area contributed by atoms with Gasteiger partial charge in [0.25, 0.3) is 0 Å². The van der Waals surface area contributed by atoms with Gasteiger partial charge in [0.1, 0.15) is 5.71 Å². The molecule has 0 bridgehead atoms. The number of aryl methyl sites for hydroxylation is 5. The van der Waals surface area contributed by atoms with E-state index in [4.69, 9.17) is 9.98 Å². The highest BCUT2D eigenvalue weighted by Crippen LogP contribution is 2.34. The van der Waals surface area contributed by atoms with Crippen LogP contribution in [0.1, 0.15) is 179 Å². The van der Waals surface area contributed by atoms with Gasteiger partial charge in [-0.1, -0.05) is 162 Å². The minimum atomic E-state index is -0.0591. The van der Waals surface area contributed by atoms with E-state index in [1.807, 2.05) is 12.1 Å². The number of phenols is 2. The molecule has 0 aliphatic carbocycles. The van der Waals surface area contributed by atoms with E-state index in [2.05, 4.69) is 103 Å². The summed E-state index contributed by atoms with van der Waals surface area (Å²) >= 11 is 0. The van der Waals surface area contributed by atoms with Crippen LogP contribution in [0.15, 0.2) is 76.7 Å². The monoisotopic (exact) mass is 785 g/mol. The van der Waals surface area contributed by atoms with Crippen LogP contribution in [0.3, 0.4) is 0 Å². The SMILES string of the molecule is CCCCCCCCCCCCCC#CC(=Nc1ccc(CC)c(CC)c1)C(CCCC)=Nc1ccc(CC)c(CC)c1.CCCc1ccc2ccc(O)c(O)c2c1. The van der Waals surface area contributed by atoms with Gasteiger partial charge in [0.2, 0.25) is 0 Å². The first-order valence-corrected chi connectivity index (χ1v) is 23.1. The van der Waals surface area contributed by atoms with Crippen molar-refractivity contribution in [1.82, 2.24) is 0 Å². The summed E-state index contributed by atoms with van der Waals surface area (Å²) in [6.45, 7) is 15.6. The Hall–Kier alpha value is -4.36. The van der Waals surface area contributed by atoms with Gasteiger partial charge in [-0.3, -0.25) is 4.99 Å². The lowest BCUT2D eigenvalue weighted by atomic mass is 10.0. The molecular formula is C54H76N2O2. The van der Waals surface area contributed by atoms with E-state index in [0.29, 0.717) is 0 Å². The third kappa shape index (κ3) is 16.5. The Bertz CT molecular complexity index is 1930. The van der Waals surface area contributed by atoms with E-state index >= 15 is 0 Å². The van der Waals surface area contributed by atoms with E-state index in [0.717, 1.165) is 97.8 Å². The number of aromatic hydroxyl groups is 2. The minimum absolute atomic E-state index is 0.0227. The molecule has 0 heterocycles. The number of hydrogen-bond acceptors (Lipinski definition) is 4. The number of phenolic OH excluding ortho intramolecular Hbond substituents is 2. The molecule has 0 aromatic heterocycles. The van der Waals surface area contributed by atoms with Crippen LogP contribution in [0, 0.1) is 11.8 Å². The molecular weight excluding hydrogens is 709 g/mol. The summed E-state index contributed by atoms with van der Waals surface area (Å²) in [5.41, 5.74) is 10.7. The second-order valence-electron chi connectivity index (χ2n) is 15.8. The van der Waals surface area contributed by atoms with E-state index in [1.54, 1.807) is 6.07 Å². The number of unbranched alkanes of at least 4 members (excludes halogenated alkanes) is 12. The fourth-order valence-corrected chi connectivity index (χ4v) is 7.54. The third-order valence-corrected chi connectivity index (χ3v) is 11.1. The predicted molar refractivity (Wildman–Crippen MR) is 254 cm³/mol. The molecule has 4 aromatic carbocycles. The van der Waals surface area contributed by atoms with E-state index in [9.17, 15) is 10.2 Å². The summed E-state index contributed by atoms with van der Waals surface area (Å²) in [6.07, 6.45) is 25.2. The molecule has 0 amide bonds. The zero-order valence-electron chi connectivity index (χ0n) is 37.5. The number of fused-ring (bicyclic) bond motifs is 1. The zero-order valence-corrected chi connectivity index (χ0v) is 37.5. The molecule has 0 unspecified atom stereocenters. The van der Waals surface area contributed by atoms with Crippen LogP contribution in [0.4, 0.5) is 11.4 Å². The first-order valence-electron chi connectivity index (χ1n) is 23.1. The lowest BCUT2D eigenvalue weighted by Gasteiger charge is -2.10. The van der Waals surface area contributed by atoms with Crippen LogP contribution in [0.5, 0.6) is 11.5 Å². The van der Waals surface area contributed by atoms with Gasteiger partial charge in [0, 0.05) is 11.8 Å². The topological polar surface area (TPSA) is 65.2 Å². The Morgan fingerprint density at radius 1 is 0.517 bits per heavy atom. The molecule has 0 aliphatic rings. The normalized spacial score (nSPS) is 11.6. The molecule has 58 heavy (non-hydrogen) atoms. The summed E-state index contributed by atoms with van der Waals surface area (Å²) < 4.78 is 0. The molecule has 0 saturated heterocycles. The average molecular weight is 785 g/mol. The Balaban J connectivity index is 0.000000496. The quantitative estimate of drug-likeness (QED) is 0.0340. The van der Waals surface area contributed by atoms with Gasteiger partial charge in [-0.15, -0.1) is 0 Å². The maximum atomic E-state index is 9.70. The van der Waals surface area contributed by atoms with Gasteiger partial charge >= 0.3 is 0 Å². The molecule has 0 radical (unpaired) electrons. The second kappa shape index (κ2) is 28.1. The van der Waals surface area contributed by atoms with Crippen molar-refractivity contribution in [2.24, 2.45) is 9.98 Å². The minimum Gasteiger partial charge on any atom is -0.504 e. The van der Waals surface area contributed by atoms with Crippen LogP contribution >= 0.6 is 0 Å². The molecule has 4 nitrogen and oxygen atoms in total. The van der Waals surface area contributed by atoms with Crippen molar-refractivity contribution in [2.75, 3.05) is 0 Å². The molecule has 4 aromatic rings. The van der Waals surface area contributed by atoms with Crippen molar-refractivity contribution >= 4 is 33.6 Å². The molecule has 4 rings (SSSR count). The third-order valence-electron chi connectivity index (χ3n) is 11.1. The van der Waals surface area contributed by atoms with E-state index in [1.165, 1.54) is 105 Å². The van der Waals surface area contributed by atoms with Gasteiger partial charge in [-0.2, -0.15) is 0 Å². The second-order valence-corrected chi connectivity index (χ2v) is 15.8. The van der Waals surface area contributed by atoms with Crippen molar-refractivity contribution in [3.8, 4) is 23.3 Å². The van der Waals surface area contributed by atoms with Crippen molar-refractivity contribution < 1.29 is 10.2 Å². The fourth-order valence-electron chi connectivity index (χ4n) is 7.54. The van der Waals surface area contributed by atoms with Crippen molar-refractivity contribution in [3.05, 3.63) is 94.5 Å². The zero-order chi connectivity index (χ0) is 42.0. The van der Waals surface area contributed by atoms with Crippen LogP contribution < -0.4 is 0 Å². The fraction of sp³-hybridized carbons (Fsp3) is 0.519. The molecule has 0 aliphatic heterocycles. The molecule has 0 saturated carbocycles. The van der Waals surface area contributed by atoms with Gasteiger partial charge < -0.3 is 10.2 Å². The van der Waals surface area contributed by atoms with Gasteiger partial charge in [-0.05, 0) is 127 Å². The van der Waals surface area contributed by atoms with Gasteiger partial charge in [0.05, 0.1) is 17.1 Å². The first kappa shape index (κ1) is 48.0. The molecule has 0 fully saturated rings. The van der Waals surface area contributed by atoms with Gasteiger partial charge in [0.15, 0.2) is 11.5 Å². The van der Waals surface area contributed by atoms with Crippen molar-refractivity contribution in [2.45, 2.75) is 183 Å². The summed E-state index contributed by atoms with van der Waals surface area (Å²) in [6, 6.07) is 22.6. The largest absolute Gasteiger partial charge is 0.504 e. The lowest BCUT2D eigenvalue weighted by molar-refractivity contribution is 0.408. The summed E-state index contributed by atoms with van der Waals surface area (Å²) in [5.74, 6) is 6.95. The highest BCUT2D eigenvalue weighted by atomic mass is 16.3.